The predicted molar refractivity (Wildman–Crippen MR) is 169 cm³/mol. The molecule has 0 saturated carbocycles. The van der Waals surface area contributed by atoms with Crippen molar-refractivity contribution in [2.24, 2.45) is 10.5 Å². The Morgan fingerprint density at radius 2 is 1.83 bits per heavy atom. The van der Waals surface area contributed by atoms with Crippen molar-refractivity contribution in [3.63, 3.8) is 0 Å². The lowest BCUT2D eigenvalue weighted by atomic mass is 9.85. The molecule has 0 radical (unpaired) electrons. The molecular formula is C30H44FN7O7S. The van der Waals surface area contributed by atoms with Crippen LogP contribution in [-0.2, 0) is 30.3 Å². The third kappa shape index (κ3) is 11.0. The lowest BCUT2D eigenvalue weighted by Crippen LogP contribution is -2.61. The maximum absolute atomic E-state index is 15.2. The van der Waals surface area contributed by atoms with Gasteiger partial charge in [-0.15, -0.1) is 11.3 Å². The maximum Gasteiger partial charge on any atom is 0.246 e. The van der Waals surface area contributed by atoms with Gasteiger partial charge in [-0.25, -0.2) is 9.37 Å². The summed E-state index contributed by atoms with van der Waals surface area (Å²) in [5.74, 6) is -1.20. The van der Waals surface area contributed by atoms with Gasteiger partial charge in [0.2, 0.25) is 11.8 Å². The number of halogens is 1. The number of azide groups is 1. The molecule has 46 heavy (non-hydrogen) atoms. The molecule has 1 fully saturated rings. The van der Waals surface area contributed by atoms with E-state index in [0.29, 0.717) is 19.8 Å². The molecule has 1 aliphatic heterocycles. The number of aromatic nitrogens is 1. The van der Waals surface area contributed by atoms with E-state index >= 15 is 4.39 Å². The second-order valence-electron chi connectivity index (χ2n) is 11.9. The zero-order valence-corrected chi connectivity index (χ0v) is 27.4. The van der Waals surface area contributed by atoms with E-state index in [0.717, 1.165) is 21.7 Å². The fourth-order valence-electron chi connectivity index (χ4n) is 4.94. The van der Waals surface area contributed by atoms with Gasteiger partial charge in [0.1, 0.15) is 25.0 Å². The summed E-state index contributed by atoms with van der Waals surface area (Å²) in [6.45, 7) is 8.31. The van der Waals surface area contributed by atoms with Crippen LogP contribution in [0.2, 0.25) is 0 Å². The van der Waals surface area contributed by atoms with Gasteiger partial charge in [-0.3, -0.25) is 14.5 Å². The molecular weight excluding hydrogens is 621 g/mol. The molecule has 0 aliphatic carbocycles. The van der Waals surface area contributed by atoms with Crippen LogP contribution in [0.15, 0.2) is 34.9 Å². The van der Waals surface area contributed by atoms with Crippen LogP contribution in [0, 0.1) is 12.3 Å². The Kier molecular flexibility index (Phi) is 14.7. The van der Waals surface area contributed by atoms with E-state index in [-0.39, 0.29) is 39.5 Å². The first-order chi connectivity index (χ1) is 21.9. The van der Waals surface area contributed by atoms with Gasteiger partial charge < -0.3 is 35.1 Å². The molecule has 14 nitrogen and oxygen atoms in total. The number of benzene rings is 1. The number of aliphatic hydroxyl groups excluding tert-OH is 2. The Bertz CT molecular complexity index is 1300. The highest BCUT2D eigenvalue weighted by atomic mass is 32.1. The smallest absolute Gasteiger partial charge is 0.246 e. The summed E-state index contributed by atoms with van der Waals surface area (Å²) >= 11 is 1.54. The molecule has 1 aromatic carbocycles. The van der Waals surface area contributed by atoms with Gasteiger partial charge in [-0.2, -0.15) is 0 Å². The number of ether oxygens (including phenoxy) is 3. The number of alkyl halides is 1. The molecule has 0 spiro atoms. The van der Waals surface area contributed by atoms with Gasteiger partial charge in [0.15, 0.2) is 6.17 Å². The number of carbonyl (C=O) groups excluding carboxylic acids is 2. The minimum Gasteiger partial charge on any atom is -0.389 e. The number of thiazole rings is 1. The Morgan fingerprint density at radius 3 is 2.43 bits per heavy atom. The molecule has 4 N–H and O–H groups in total. The number of β-amino-alcohol motifs (C(OH)–C–C–N with tert-alkyl or cyclic N) is 1. The van der Waals surface area contributed by atoms with Crippen LogP contribution < -0.4 is 10.6 Å². The van der Waals surface area contributed by atoms with Crippen LogP contribution in [0.1, 0.15) is 32.0 Å². The minimum absolute atomic E-state index is 0.120. The molecule has 1 unspecified atom stereocenters. The largest absolute Gasteiger partial charge is 0.389 e. The monoisotopic (exact) mass is 665 g/mol. The number of likely N-dealkylation sites (tertiary alicyclic amines) is 1. The maximum atomic E-state index is 15.2. The fourth-order valence-corrected chi connectivity index (χ4v) is 5.75. The average Bonchev–Trinajstić information content (AvgIpc) is 3.58. The molecule has 1 aliphatic rings. The van der Waals surface area contributed by atoms with Gasteiger partial charge in [-0.05, 0) is 29.0 Å². The first-order valence-electron chi connectivity index (χ1n) is 15.0. The molecule has 16 heteroatoms. The number of rotatable bonds is 18. The van der Waals surface area contributed by atoms with Crippen molar-refractivity contribution in [2.45, 2.75) is 64.8 Å². The fraction of sp³-hybridized carbons (Fsp3) is 0.633. The number of hydrogen-bond acceptors (Lipinski definition) is 11. The van der Waals surface area contributed by atoms with E-state index in [4.69, 9.17) is 19.7 Å². The van der Waals surface area contributed by atoms with Crippen LogP contribution >= 0.6 is 11.3 Å². The molecule has 2 heterocycles. The summed E-state index contributed by atoms with van der Waals surface area (Å²) < 4.78 is 31.2. The quantitative estimate of drug-likeness (QED) is 0.0801. The highest BCUT2D eigenvalue weighted by Gasteiger charge is 2.51. The Morgan fingerprint density at radius 1 is 1.17 bits per heavy atom. The van der Waals surface area contributed by atoms with E-state index in [1.54, 1.807) is 26.3 Å². The number of nitrogens with one attached hydrogen (secondary N) is 2. The first kappa shape index (κ1) is 37.2. The van der Waals surface area contributed by atoms with E-state index in [2.05, 4.69) is 25.6 Å². The van der Waals surface area contributed by atoms with Crippen molar-refractivity contribution in [2.75, 3.05) is 52.7 Å². The minimum atomic E-state index is -1.94. The summed E-state index contributed by atoms with van der Waals surface area (Å²) in [4.78, 5) is 35.1. The van der Waals surface area contributed by atoms with E-state index < -0.39 is 47.8 Å². The molecule has 5 atom stereocenters. The normalized spacial score (nSPS) is 19.8. The van der Waals surface area contributed by atoms with E-state index in [9.17, 15) is 19.8 Å². The number of hydrogen-bond donors (Lipinski definition) is 4. The summed E-state index contributed by atoms with van der Waals surface area (Å²) in [5, 5.41) is 30.6. The molecule has 2 amide bonds. The number of amides is 2. The zero-order valence-electron chi connectivity index (χ0n) is 26.6. The van der Waals surface area contributed by atoms with Crippen LogP contribution in [-0.4, -0.2) is 115 Å². The number of aliphatic hydroxyl groups is 2. The van der Waals surface area contributed by atoms with Gasteiger partial charge in [0.25, 0.3) is 0 Å². The molecule has 254 valence electrons. The van der Waals surface area contributed by atoms with Crippen LogP contribution in [0.5, 0.6) is 0 Å². The standard InChI is InChI=1S/C30H44FN7O7S/c1-19-26(46-18-34-19)21-7-5-20(6-8-21)15-33-28(41)25-24(31)22(39)16-38(25)29(42)27(30(2,3)4)36-23(40)17-45-14-13-44-12-11-43-10-9-35-37-32/h5-8,18,22,24-25,27,29,39,42H,9-17H2,1-4H3,(H,33,41)(H,36,40)/t22-,24+,25-,27+,29?/m0/s1. The summed E-state index contributed by atoms with van der Waals surface area (Å²) in [5.41, 5.74) is 12.0. The van der Waals surface area contributed by atoms with Crippen LogP contribution in [0.4, 0.5) is 4.39 Å². The second-order valence-corrected chi connectivity index (χ2v) is 12.7. The zero-order chi connectivity index (χ0) is 33.7. The van der Waals surface area contributed by atoms with Gasteiger partial charge in [0.05, 0.1) is 55.2 Å². The van der Waals surface area contributed by atoms with Crippen LogP contribution in [0.3, 0.4) is 0 Å². The number of nitrogens with zero attached hydrogens (tertiary/aromatic N) is 5. The van der Waals surface area contributed by atoms with Crippen molar-refractivity contribution in [1.82, 2.24) is 20.5 Å². The Hall–Kier alpha value is -3.21. The number of carbonyl (C=O) groups is 2. The van der Waals surface area contributed by atoms with Crippen molar-refractivity contribution >= 4 is 23.2 Å². The highest BCUT2D eigenvalue weighted by molar-refractivity contribution is 7.13. The Balaban J connectivity index is 1.51. The topological polar surface area (TPSA) is 191 Å². The molecule has 1 aromatic heterocycles. The second kappa shape index (κ2) is 18.2. The van der Waals surface area contributed by atoms with Crippen molar-refractivity contribution < 1.29 is 38.4 Å². The van der Waals surface area contributed by atoms with E-state index in [1.165, 1.54) is 16.2 Å². The predicted octanol–water partition coefficient (Wildman–Crippen LogP) is 2.33. The lowest BCUT2D eigenvalue weighted by molar-refractivity contribution is -0.138. The van der Waals surface area contributed by atoms with Gasteiger partial charge in [-0.1, -0.05) is 50.2 Å². The average molecular weight is 666 g/mol. The van der Waals surface area contributed by atoms with Crippen molar-refractivity contribution in [3.05, 3.63) is 51.5 Å². The lowest BCUT2D eigenvalue weighted by Gasteiger charge is -2.40. The molecule has 2 aromatic rings. The van der Waals surface area contributed by atoms with E-state index in [1.807, 2.05) is 31.2 Å². The summed E-state index contributed by atoms with van der Waals surface area (Å²) in [7, 11) is 0. The molecule has 1 saturated heterocycles. The SMILES string of the molecule is Cc1ncsc1-c1ccc(CNC(=O)[C@@H]2[C@H](F)[C@@H](O)CN2C(O)[C@@H](NC(=O)COCCOCCOCCN=[N+]=[N-])C(C)(C)C)cc1. The third-order valence-electron chi connectivity index (χ3n) is 7.38. The molecule has 0 bridgehead atoms. The van der Waals surface area contributed by atoms with Gasteiger partial charge in [0, 0.05) is 24.5 Å². The summed E-state index contributed by atoms with van der Waals surface area (Å²) in [6.07, 6.45) is -4.93. The third-order valence-corrected chi connectivity index (χ3v) is 8.36. The highest BCUT2D eigenvalue weighted by Crippen LogP contribution is 2.31. The summed E-state index contributed by atoms with van der Waals surface area (Å²) in [6, 6.07) is 5.18. The number of aryl methyl sites for hydroxylation is 1. The van der Waals surface area contributed by atoms with Crippen LogP contribution in [0.25, 0.3) is 20.9 Å². The van der Waals surface area contributed by atoms with Gasteiger partial charge >= 0.3 is 0 Å². The first-order valence-corrected chi connectivity index (χ1v) is 15.9. The molecule has 3 rings (SSSR count). The van der Waals surface area contributed by atoms with Crippen molar-refractivity contribution in [1.29, 1.82) is 0 Å². The Labute approximate surface area is 271 Å². The van der Waals surface area contributed by atoms with Crippen molar-refractivity contribution in [3.8, 4) is 10.4 Å².